The number of anilines is 2. The molecule has 6 nitrogen and oxygen atoms in total. The maximum absolute atomic E-state index is 13.0. The first-order chi connectivity index (χ1) is 16.1. The van der Waals surface area contributed by atoms with Gasteiger partial charge in [0.25, 0.3) is 0 Å². The highest BCUT2D eigenvalue weighted by atomic mass is 32.2. The molecule has 0 bridgehead atoms. The van der Waals surface area contributed by atoms with Crippen LogP contribution in [0.2, 0.25) is 0 Å². The van der Waals surface area contributed by atoms with Crippen molar-refractivity contribution in [3.8, 4) is 0 Å². The molecule has 1 N–H and O–H groups in total. The van der Waals surface area contributed by atoms with E-state index >= 15 is 0 Å². The summed E-state index contributed by atoms with van der Waals surface area (Å²) in [4.78, 5) is 27.6. The van der Waals surface area contributed by atoms with E-state index in [1.165, 1.54) is 40.4 Å². The molecule has 1 aliphatic heterocycles. The van der Waals surface area contributed by atoms with Crippen LogP contribution in [0.5, 0.6) is 0 Å². The van der Waals surface area contributed by atoms with Crippen molar-refractivity contribution in [2.75, 3.05) is 42.3 Å². The zero-order valence-corrected chi connectivity index (χ0v) is 20.9. The van der Waals surface area contributed by atoms with E-state index in [4.69, 9.17) is 14.7 Å². The fourth-order valence-corrected chi connectivity index (χ4v) is 6.68. The molecule has 5 rings (SSSR count). The number of thioether (sulfide) groups is 1. The number of aromatic nitrogens is 2. The van der Waals surface area contributed by atoms with Crippen molar-refractivity contribution >= 4 is 50.6 Å². The molecule has 8 heteroatoms. The van der Waals surface area contributed by atoms with Gasteiger partial charge in [-0.2, -0.15) is 0 Å². The Morgan fingerprint density at radius 1 is 1.18 bits per heavy atom. The number of aryl methyl sites for hydroxylation is 2. The topological polar surface area (TPSA) is 67.4 Å². The summed E-state index contributed by atoms with van der Waals surface area (Å²) in [5.41, 5.74) is 3.32. The molecular formula is C25H30N4O2S2. The Balaban J connectivity index is 1.36. The maximum atomic E-state index is 13.0. The standard InChI is InChI=1S/C25H30N4O2S2/c1-16(2)23-27-24(22-17-7-3-6-10-20(17)33-25(22)28-23)32-15-21(30)26-18-8-4-5-9-19(18)29-11-13-31-14-12-29/h4-5,8-9,16H,3,6-7,10-15H2,1-2H3,(H,26,30). The van der Waals surface area contributed by atoms with Crippen LogP contribution in [-0.4, -0.2) is 47.9 Å². The van der Waals surface area contributed by atoms with Crippen molar-refractivity contribution < 1.29 is 9.53 Å². The number of carbonyl (C=O) groups excluding carboxylic acids is 1. The first kappa shape index (κ1) is 22.6. The van der Waals surface area contributed by atoms with E-state index in [9.17, 15) is 4.79 Å². The molecule has 1 aliphatic carbocycles. The minimum atomic E-state index is -0.0114. The molecule has 1 aromatic carbocycles. The Morgan fingerprint density at radius 3 is 2.79 bits per heavy atom. The lowest BCUT2D eigenvalue weighted by Crippen LogP contribution is -2.36. The van der Waals surface area contributed by atoms with Gasteiger partial charge in [0.15, 0.2) is 0 Å². The van der Waals surface area contributed by atoms with Gasteiger partial charge in [0, 0.05) is 29.3 Å². The van der Waals surface area contributed by atoms with E-state index < -0.39 is 0 Å². The second-order valence-electron chi connectivity index (χ2n) is 8.89. The third-order valence-electron chi connectivity index (χ3n) is 6.19. The zero-order valence-electron chi connectivity index (χ0n) is 19.2. The highest BCUT2D eigenvalue weighted by molar-refractivity contribution is 8.00. The number of hydrogen-bond acceptors (Lipinski definition) is 7. The van der Waals surface area contributed by atoms with E-state index in [-0.39, 0.29) is 11.8 Å². The minimum Gasteiger partial charge on any atom is -0.378 e. The molecule has 0 unspecified atom stereocenters. The molecular weight excluding hydrogens is 452 g/mol. The molecule has 3 aromatic rings. The van der Waals surface area contributed by atoms with E-state index in [1.807, 2.05) is 29.5 Å². The van der Waals surface area contributed by atoms with E-state index in [2.05, 4.69) is 30.1 Å². The number of carbonyl (C=O) groups is 1. The lowest BCUT2D eigenvalue weighted by molar-refractivity contribution is -0.113. The third-order valence-corrected chi connectivity index (χ3v) is 8.35. The summed E-state index contributed by atoms with van der Waals surface area (Å²) in [5, 5.41) is 5.28. The molecule has 1 fully saturated rings. The number of benzene rings is 1. The Bertz CT molecular complexity index is 1150. The average Bonchev–Trinajstić information content (AvgIpc) is 3.22. The van der Waals surface area contributed by atoms with Crippen LogP contribution in [0, 0.1) is 0 Å². The van der Waals surface area contributed by atoms with Gasteiger partial charge in [-0.05, 0) is 43.4 Å². The number of nitrogens with one attached hydrogen (secondary N) is 1. The van der Waals surface area contributed by atoms with Crippen LogP contribution in [0.15, 0.2) is 29.3 Å². The van der Waals surface area contributed by atoms with Crippen molar-refractivity contribution in [1.29, 1.82) is 0 Å². The zero-order chi connectivity index (χ0) is 22.8. The lowest BCUT2D eigenvalue weighted by atomic mass is 9.97. The number of rotatable bonds is 6. The number of fused-ring (bicyclic) bond motifs is 3. The predicted octanol–water partition coefficient (Wildman–Crippen LogP) is 5.26. The van der Waals surface area contributed by atoms with Gasteiger partial charge in [-0.15, -0.1) is 11.3 Å². The van der Waals surface area contributed by atoms with Crippen molar-refractivity contribution in [3.05, 3.63) is 40.5 Å². The molecule has 1 saturated heterocycles. The Hall–Kier alpha value is -2.16. The molecule has 0 spiro atoms. The summed E-state index contributed by atoms with van der Waals surface area (Å²) in [5.74, 6) is 1.43. The number of hydrogen-bond donors (Lipinski definition) is 1. The van der Waals surface area contributed by atoms with E-state index in [0.29, 0.717) is 19.0 Å². The fourth-order valence-electron chi connectivity index (χ4n) is 4.48. The van der Waals surface area contributed by atoms with Gasteiger partial charge in [-0.25, -0.2) is 9.97 Å². The number of morpholine rings is 1. The van der Waals surface area contributed by atoms with Gasteiger partial charge in [0.05, 0.1) is 30.3 Å². The largest absolute Gasteiger partial charge is 0.378 e. The van der Waals surface area contributed by atoms with E-state index in [1.54, 1.807) is 0 Å². The predicted molar refractivity (Wildman–Crippen MR) is 137 cm³/mol. The molecule has 1 amide bonds. The Morgan fingerprint density at radius 2 is 1.97 bits per heavy atom. The fraction of sp³-hybridized carbons (Fsp3) is 0.480. The highest BCUT2D eigenvalue weighted by Gasteiger charge is 2.23. The van der Waals surface area contributed by atoms with Crippen LogP contribution < -0.4 is 10.2 Å². The summed E-state index contributed by atoms with van der Waals surface area (Å²) < 4.78 is 5.48. The summed E-state index contributed by atoms with van der Waals surface area (Å²) >= 11 is 3.36. The van der Waals surface area contributed by atoms with Crippen molar-refractivity contribution in [2.24, 2.45) is 0 Å². The molecule has 2 aliphatic rings. The number of thiophene rings is 1. The van der Waals surface area contributed by atoms with Crippen molar-refractivity contribution in [2.45, 2.75) is 50.5 Å². The summed E-state index contributed by atoms with van der Waals surface area (Å²) in [6, 6.07) is 8.02. The highest BCUT2D eigenvalue weighted by Crippen LogP contribution is 2.40. The first-order valence-corrected chi connectivity index (χ1v) is 13.6. The summed E-state index contributed by atoms with van der Waals surface area (Å²) in [6.45, 7) is 7.34. The monoisotopic (exact) mass is 482 g/mol. The Kier molecular flexibility index (Phi) is 6.85. The van der Waals surface area contributed by atoms with Gasteiger partial charge in [-0.1, -0.05) is 37.7 Å². The van der Waals surface area contributed by atoms with Crippen LogP contribution in [-0.2, 0) is 22.4 Å². The van der Waals surface area contributed by atoms with Gasteiger partial charge in [0.2, 0.25) is 5.91 Å². The SMILES string of the molecule is CC(C)c1nc(SCC(=O)Nc2ccccc2N2CCOCC2)c2c3c(sc2n1)CCCC3. The smallest absolute Gasteiger partial charge is 0.234 e. The lowest BCUT2D eigenvalue weighted by Gasteiger charge is -2.30. The third kappa shape index (κ3) is 4.88. The minimum absolute atomic E-state index is 0.0114. The maximum Gasteiger partial charge on any atom is 0.234 e. The van der Waals surface area contributed by atoms with Crippen molar-refractivity contribution in [1.82, 2.24) is 9.97 Å². The molecule has 3 heterocycles. The van der Waals surface area contributed by atoms with Crippen molar-refractivity contribution in [3.63, 3.8) is 0 Å². The molecule has 2 aromatic heterocycles. The molecule has 0 radical (unpaired) electrons. The van der Waals surface area contributed by atoms with E-state index in [0.717, 1.165) is 53.0 Å². The number of amides is 1. The van der Waals surface area contributed by atoms with Crippen LogP contribution in [0.3, 0.4) is 0 Å². The van der Waals surface area contributed by atoms with Crippen LogP contribution >= 0.6 is 23.1 Å². The van der Waals surface area contributed by atoms with Gasteiger partial charge < -0.3 is 15.0 Å². The average molecular weight is 483 g/mol. The molecule has 33 heavy (non-hydrogen) atoms. The number of para-hydroxylation sites is 2. The quantitative estimate of drug-likeness (QED) is 0.382. The van der Waals surface area contributed by atoms with Gasteiger partial charge >= 0.3 is 0 Å². The van der Waals surface area contributed by atoms with Crippen LogP contribution in [0.4, 0.5) is 11.4 Å². The number of nitrogens with zero attached hydrogens (tertiary/aromatic N) is 3. The summed E-state index contributed by atoms with van der Waals surface area (Å²) in [6.07, 6.45) is 4.69. The Labute approximate surface area is 203 Å². The molecule has 0 atom stereocenters. The van der Waals surface area contributed by atoms with Crippen LogP contribution in [0.1, 0.15) is 48.9 Å². The second kappa shape index (κ2) is 9.99. The van der Waals surface area contributed by atoms with Gasteiger partial charge in [-0.3, -0.25) is 4.79 Å². The van der Waals surface area contributed by atoms with Crippen LogP contribution in [0.25, 0.3) is 10.2 Å². The molecule has 0 saturated carbocycles. The normalized spacial score (nSPS) is 16.3. The van der Waals surface area contributed by atoms with Gasteiger partial charge in [0.1, 0.15) is 15.7 Å². The molecule has 174 valence electrons. The first-order valence-electron chi connectivity index (χ1n) is 11.8. The second-order valence-corrected chi connectivity index (χ2v) is 10.9. The number of ether oxygens (including phenoxy) is 1. The summed E-state index contributed by atoms with van der Waals surface area (Å²) in [7, 11) is 0.